The second-order valence-electron chi connectivity index (χ2n) is 10.6. The number of hydrazine groups is 1. The number of halogens is 2. The maximum absolute atomic E-state index is 14.8. The average molecular weight is 539 g/mol. The van der Waals surface area contributed by atoms with Crippen molar-refractivity contribution in [3.8, 4) is 0 Å². The first-order valence-corrected chi connectivity index (χ1v) is 14.4. The lowest BCUT2D eigenvalue weighted by Gasteiger charge is -2.37. The maximum atomic E-state index is 14.8. The van der Waals surface area contributed by atoms with Gasteiger partial charge in [0.05, 0.1) is 17.0 Å². The summed E-state index contributed by atoms with van der Waals surface area (Å²) >= 11 is 6.24. The molecule has 10 nitrogen and oxygen atoms in total. The van der Waals surface area contributed by atoms with Gasteiger partial charge in [-0.2, -0.15) is 0 Å². The number of alkyl halides is 2. The lowest BCUT2D eigenvalue weighted by Crippen LogP contribution is -2.52. The van der Waals surface area contributed by atoms with E-state index in [2.05, 4.69) is 20.5 Å². The molecule has 2 aliphatic carbocycles. The van der Waals surface area contributed by atoms with Crippen LogP contribution in [-0.4, -0.2) is 106 Å². The molecular formula is C22H40ClFN6O4S. The van der Waals surface area contributed by atoms with E-state index in [-0.39, 0.29) is 35.7 Å². The number of rotatable bonds is 7. The molecule has 0 aromatic heterocycles. The highest BCUT2D eigenvalue weighted by molar-refractivity contribution is 7.89. The average Bonchev–Trinajstić information content (AvgIpc) is 3.24. The van der Waals surface area contributed by atoms with Gasteiger partial charge in [0.15, 0.2) is 0 Å². The van der Waals surface area contributed by atoms with Crippen molar-refractivity contribution in [2.45, 2.75) is 62.2 Å². The predicted octanol–water partition coefficient (Wildman–Crippen LogP) is 0.942. The van der Waals surface area contributed by atoms with Crippen LogP contribution >= 0.6 is 11.6 Å². The molecule has 1 heterocycles. The first kappa shape index (κ1) is 28.4. The fourth-order valence-corrected chi connectivity index (χ4v) is 7.30. The Morgan fingerprint density at radius 2 is 1.80 bits per heavy atom. The molecule has 1 saturated heterocycles. The summed E-state index contributed by atoms with van der Waals surface area (Å²) in [6, 6.07) is 0.134. The van der Waals surface area contributed by atoms with E-state index < -0.39 is 33.4 Å². The molecule has 13 heteroatoms. The molecule has 3 N–H and O–H groups in total. The number of hydrogen-bond donors (Lipinski definition) is 3. The van der Waals surface area contributed by atoms with Crippen molar-refractivity contribution in [2.75, 3.05) is 47.2 Å². The van der Waals surface area contributed by atoms with Gasteiger partial charge in [-0.1, -0.05) is 0 Å². The van der Waals surface area contributed by atoms with Crippen molar-refractivity contribution in [1.29, 1.82) is 0 Å². The minimum Gasteiger partial charge on any atom is -0.331 e. The van der Waals surface area contributed by atoms with E-state index in [0.29, 0.717) is 25.7 Å². The van der Waals surface area contributed by atoms with Crippen LogP contribution in [0.2, 0.25) is 0 Å². The molecule has 0 aromatic rings. The summed E-state index contributed by atoms with van der Waals surface area (Å²) in [6.07, 6.45) is 2.02. The lowest BCUT2D eigenvalue weighted by molar-refractivity contribution is -0.129. The maximum Gasteiger partial charge on any atom is 0.319 e. The van der Waals surface area contributed by atoms with Crippen LogP contribution in [0.25, 0.3) is 0 Å². The fourth-order valence-electron chi connectivity index (χ4n) is 5.60. The lowest BCUT2D eigenvalue weighted by atomic mass is 9.76. The quantitative estimate of drug-likeness (QED) is 0.328. The number of nitrogens with one attached hydrogen (secondary N) is 3. The Morgan fingerprint density at radius 3 is 2.37 bits per heavy atom. The van der Waals surface area contributed by atoms with Gasteiger partial charge < -0.3 is 9.80 Å². The van der Waals surface area contributed by atoms with Gasteiger partial charge in [0.2, 0.25) is 15.9 Å². The summed E-state index contributed by atoms with van der Waals surface area (Å²) in [4.78, 5) is 32.4. The van der Waals surface area contributed by atoms with Crippen LogP contribution in [0, 0.1) is 17.8 Å². The molecule has 35 heavy (non-hydrogen) atoms. The van der Waals surface area contributed by atoms with Crippen LogP contribution in [0.15, 0.2) is 0 Å². The van der Waals surface area contributed by atoms with Crippen LogP contribution in [0.3, 0.4) is 0 Å². The van der Waals surface area contributed by atoms with Crippen molar-refractivity contribution in [1.82, 2.24) is 30.3 Å². The monoisotopic (exact) mass is 538 g/mol. The van der Waals surface area contributed by atoms with Gasteiger partial charge in [0.25, 0.3) is 0 Å². The second kappa shape index (κ2) is 11.9. The first-order valence-electron chi connectivity index (χ1n) is 12.3. The molecule has 0 spiro atoms. The number of carbonyl (C=O) groups is 2. The van der Waals surface area contributed by atoms with Crippen molar-refractivity contribution in [3.05, 3.63) is 0 Å². The summed E-state index contributed by atoms with van der Waals surface area (Å²) in [5, 5.41) is 2.58. The molecule has 3 rings (SSSR count). The van der Waals surface area contributed by atoms with Crippen LogP contribution in [0.4, 0.5) is 9.18 Å². The van der Waals surface area contributed by atoms with Gasteiger partial charge in [0.1, 0.15) is 6.17 Å². The number of carbonyl (C=O) groups excluding carboxylic acids is 2. The molecule has 3 amide bonds. The van der Waals surface area contributed by atoms with Crippen molar-refractivity contribution >= 4 is 33.6 Å². The third-order valence-electron chi connectivity index (χ3n) is 7.69. The van der Waals surface area contributed by atoms with Gasteiger partial charge in [-0.25, -0.2) is 17.6 Å². The van der Waals surface area contributed by atoms with E-state index in [0.717, 1.165) is 26.1 Å². The Kier molecular flexibility index (Phi) is 9.64. The Labute approximate surface area is 213 Å². The highest BCUT2D eigenvalue weighted by Gasteiger charge is 2.44. The van der Waals surface area contributed by atoms with E-state index in [1.807, 2.05) is 7.05 Å². The number of nitrogens with zero attached hydrogens (tertiary/aromatic N) is 3. The van der Waals surface area contributed by atoms with Gasteiger partial charge in [-0.05, 0) is 57.4 Å². The second-order valence-corrected chi connectivity index (χ2v) is 13.0. The van der Waals surface area contributed by atoms with Gasteiger partial charge in [0, 0.05) is 46.4 Å². The largest absolute Gasteiger partial charge is 0.331 e. The van der Waals surface area contributed by atoms with Crippen molar-refractivity contribution < 1.29 is 22.4 Å². The Morgan fingerprint density at radius 1 is 1.14 bits per heavy atom. The van der Waals surface area contributed by atoms with E-state index in [1.165, 1.54) is 4.90 Å². The summed E-state index contributed by atoms with van der Waals surface area (Å²) < 4.78 is 40.0. The highest BCUT2D eigenvalue weighted by Crippen LogP contribution is 2.37. The zero-order valence-corrected chi connectivity index (χ0v) is 22.6. The fraction of sp³-hybridized carbons (Fsp3) is 0.909. The van der Waals surface area contributed by atoms with E-state index in [9.17, 15) is 22.4 Å². The molecule has 0 bridgehead atoms. The molecule has 0 aromatic carbocycles. The molecule has 5 unspecified atom stereocenters. The smallest absolute Gasteiger partial charge is 0.319 e. The topological polar surface area (TPSA) is 114 Å². The van der Waals surface area contributed by atoms with E-state index >= 15 is 0 Å². The molecule has 3 aliphatic rings. The number of likely N-dealkylation sites (N-methyl/N-ethyl adjacent to an activating group) is 1. The van der Waals surface area contributed by atoms with Gasteiger partial charge in [-0.15, -0.1) is 16.4 Å². The first-order chi connectivity index (χ1) is 16.4. The number of sulfonamides is 1. The van der Waals surface area contributed by atoms with Crippen LogP contribution < -0.4 is 15.6 Å². The van der Waals surface area contributed by atoms with E-state index in [1.54, 1.807) is 26.0 Å². The zero-order valence-electron chi connectivity index (χ0n) is 21.0. The number of urea groups is 1. The molecule has 3 fully saturated rings. The van der Waals surface area contributed by atoms with Crippen LogP contribution in [0.5, 0.6) is 0 Å². The van der Waals surface area contributed by atoms with Gasteiger partial charge in [-0.3, -0.25) is 20.4 Å². The molecule has 1 aliphatic heterocycles. The summed E-state index contributed by atoms with van der Waals surface area (Å²) in [6.45, 7) is 1.53. The third-order valence-corrected chi connectivity index (χ3v) is 9.43. The molecule has 2 saturated carbocycles. The predicted molar refractivity (Wildman–Crippen MR) is 133 cm³/mol. The Hall–Kier alpha value is -1.21. The van der Waals surface area contributed by atoms with Crippen LogP contribution in [0.1, 0.15) is 38.5 Å². The minimum absolute atomic E-state index is 0.0366. The Balaban J connectivity index is 1.47. The number of hydrogen-bond acceptors (Lipinski definition) is 6. The molecular weight excluding hydrogens is 499 g/mol. The molecule has 0 radical (unpaired) electrons. The van der Waals surface area contributed by atoms with Crippen molar-refractivity contribution in [3.63, 3.8) is 0 Å². The molecule has 202 valence electrons. The third kappa shape index (κ3) is 7.41. The van der Waals surface area contributed by atoms with Gasteiger partial charge >= 0.3 is 6.03 Å². The standard InChI is InChI=1S/C22H40ClFN6O4S/c1-28(2)22(32)30(4)16-7-5-14(6-8-16)12-35(33,34)27-26-21(31)17-9-15(10-18(23)20(17)24)19-11-29(3)13-25-19/h14-20,25,27H,5-13H2,1-4H3,(H,26,31). The summed E-state index contributed by atoms with van der Waals surface area (Å²) in [7, 11) is 3.36. The summed E-state index contributed by atoms with van der Waals surface area (Å²) in [5.41, 5.74) is 2.24. The Bertz CT molecular complexity index is 857. The van der Waals surface area contributed by atoms with E-state index in [4.69, 9.17) is 11.6 Å². The summed E-state index contributed by atoms with van der Waals surface area (Å²) in [5.74, 6) is -1.86. The van der Waals surface area contributed by atoms with Crippen molar-refractivity contribution in [2.24, 2.45) is 17.8 Å². The van der Waals surface area contributed by atoms with Crippen LogP contribution in [-0.2, 0) is 14.8 Å². The number of amides is 3. The minimum atomic E-state index is -3.80. The zero-order chi connectivity index (χ0) is 25.9. The normalized spacial score (nSPS) is 34.4. The molecule has 5 atom stereocenters. The highest BCUT2D eigenvalue weighted by atomic mass is 35.5. The SMILES string of the molecule is CN1CNC(C2CC(Cl)C(F)C(C(=O)NNS(=O)(=O)CC3CCC(N(C)C(=O)N(C)C)CC3)C2)C1.